The second-order valence-electron chi connectivity index (χ2n) is 7.34. The SMILES string of the molecule is C[C@@H]1CS(=O)(=O)N(c2ccc(C(=O)Nc3ccc(Oc4ccccc4)cc3)c(Cl)c2)C1=O. The highest BCUT2D eigenvalue weighted by molar-refractivity contribution is 7.94. The molecular weight excluding hydrogens is 452 g/mol. The molecule has 1 N–H and O–H groups in total. The molecule has 0 saturated carbocycles. The standard InChI is InChI=1S/C23H19ClN2O5S/c1-15-14-32(29,30)26(23(15)28)17-9-12-20(21(24)13-17)22(27)25-16-7-10-19(11-8-16)31-18-5-3-2-4-6-18/h2-13,15H,14H2,1H3,(H,25,27)/t15-/m1/s1. The summed E-state index contributed by atoms with van der Waals surface area (Å²) < 4.78 is 31.0. The van der Waals surface area contributed by atoms with Crippen LogP contribution in [-0.4, -0.2) is 26.0 Å². The number of carbonyl (C=O) groups is 2. The molecule has 32 heavy (non-hydrogen) atoms. The first-order chi connectivity index (χ1) is 15.2. The number of amides is 2. The molecule has 0 radical (unpaired) electrons. The van der Waals surface area contributed by atoms with Crippen LogP contribution in [0.25, 0.3) is 0 Å². The fraction of sp³-hybridized carbons (Fsp3) is 0.130. The number of benzene rings is 3. The van der Waals surface area contributed by atoms with Crippen LogP contribution in [0, 0.1) is 5.92 Å². The molecule has 7 nitrogen and oxygen atoms in total. The highest BCUT2D eigenvalue weighted by atomic mass is 35.5. The Labute approximate surface area is 190 Å². The lowest BCUT2D eigenvalue weighted by molar-refractivity contribution is -0.119. The first-order valence-corrected chi connectivity index (χ1v) is 11.7. The molecule has 1 aliphatic rings. The van der Waals surface area contributed by atoms with E-state index in [0.717, 1.165) is 4.31 Å². The van der Waals surface area contributed by atoms with Gasteiger partial charge in [-0.15, -0.1) is 0 Å². The lowest BCUT2D eigenvalue weighted by Crippen LogP contribution is -2.30. The van der Waals surface area contributed by atoms with Gasteiger partial charge in [-0.2, -0.15) is 0 Å². The molecule has 1 heterocycles. The van der Waals surface area contributed by atoms with Crippen molar-refractivity contribution in [2.24, 2.45) is 5.92 Å². The molecule has 0 bridgehead atoms. The Morgan fingerprint density at radius 2 is 1.69 bits per heavy atom. The van der Waals surface area contributed by atoms with Crippen molar-refractivity contribution in [3.63, 3.8) is 0 Å². The van der Waals surface area contributed by atoms with Crippen LogP contribution >= 0.6 is 11.6 Å². The number of rotatable bonds is 5. The van der Waals surface area contributed by atoms with E-state index >= 15 is 0 Å². The van der Waals surface area contributed by atoms with Crippen LogP contribution < -0.4 is 14.4 Å². The molecule has 3 aromatic rings. The minimum atomic E-state index is -3.75. The number of halogens is 1. The Balaban J connectivity index is 1.47. The maximum Gasteiger partial charge on any atom is 0.257 e. The predicted octanol–water partition coefficient (Wildman–Crippen LogP) is 4.70. The van der Waals surface area contributed by atoms with Crippen molar-refractivity contribution >= 4 is 44.8 Å². The van der Waals surface area contributed by atoms with Crippen LogP contribution in [0.1, 0.15) is 17.3 Å². The van der Waals surface area contributed by atoms with E-state index in [-0.39, 0.29) is 22.0 Å². The van der Waals surface area contributed by atoms with E-state index in [4.69, 9.17) is 16.3 Å². The first kappa shape index (κ1) is 21.9. The van der Waals surface area contributed by atoms with E-state index < -0.39 is 27.8 Å². The van der Waals surface area contributed by atoms with Crippen LogP contribution in [-0.2, 0) is 14.8 Å². The predicted molar refractivity (Wildman–Crippen MR) is 123 cm³/mol. The third-order valence-electron chi connectivity index (χ3n) is 4.88. The first-order valence-electron chi connectivity index (χ1n) is 9.75. The average Bonchev–Trinajstić information content (AvgIpc) is 2.96. The maximum absolute atomic E-state index is 12.7. The molecule has 3 aromatic carbocycles. The third-order valence-corrected chi connectivity index (χ3v) is 7.06. The second kappa shape index (κ2) is 8.64. The van der Waals surface area contributed by atoms with Gasteiger partial charge < -0.3 is 10.1 Å². The number of para-hydroxylation sites is 1. The molecule has 1 aliphatic heterocycles. The molecule has 0 unspecified atom stereocenters. The van der Waals surface area contributed by atoms with Gasteiger partial charge in [-0.05, 0) is 54.6 Å². The molecule has 4 rings (SSSR count). The van der Waals surface area contributed by atoms with Crippen molar-refractivity contribution in [3.8, 4) is 11.5 Å². The van der Waals surface area contributed by atoms with E-state index in [0.29, 0.717) is 17.2 Å². The summed E-state index contributed by atoms with van der Waals surface area (Å²) in [5.41, 5.74) is 0.794. The van der Waals surface area contributed by atoms with Gasteiger partial charge in [0.25, 0.3) is 5.91 Å². The highest BCUT2D eigenvalue weighted by Gasteiger charge is 2.42. The maximum atomic E-state index is 12.7. The van der Waals surface area contributed by atoms with Crippen molar-refractivity contribution in [1.82, 2.24) is 0 Å². The summed E-state index contributed by atoms with van der Waals surface area (Å²) in [6.07, 6.45) is 0. The third kappa shape index (κ3) is 4.46. The number of nitrogens with zero attached hydrogens (tertiary/aromatic N) is 1. The molecule has 0 spiro atoms. The topological polar surface area (TPSA) is 92.8 Å². The van der Waals surface area contributed by atoms with Crippen molar-refractivity contribution in [2.75, 3.05) is 15.4 Å². The smallest absolute Gasteiger partial charge is 0.257 e. The molecule has 9 heteroatoms. The number of carbonyl (C=O) groups excluding carboxylic acids is 2. The van der Waals surface area contributed by atoms with Gasteiger partial charge in [0.15, 0.2) is 0 Å². The molecule has 0 aliphatic carbocycles. The van der Waals surface area contributed by atoms with Gasteiger partial charge in [-0.3, -0.25) is 9.59 Å². The summed E-state index contributed by atoms with van der Waals surface area (Å²) in [5.74, 6) is -0.560. The fourth-order valence-corrected chi connectivity index (χ4v) is 5.40. The van der Waals surface area contributed by atoms with E-state index in [1.807, 2.05) is 30.3 Å². The van der Waals surface area contributed by atoms with Gasteiger partial charge >= 0.3 is 0 Å². The van der Waals surface area contributed by atoms with Crippen LogP contribution in [0.5, 0.6) is 11.5 Å². The number of hydrogen-bond donors (Lipinski definition) is 1. The number of anilines is 2. The second-order valence-corrected chi connectivity index (χ2v) is 9.61. The lowest BCUT2D eigenvalue weighted by atomic mass is 10.1. The number of hydrogen-bond acceptors (Lipinski definition) is 5. The Kier molecular flexibility index (Phi) is 5.90. The average molecular weight is 471 g/mol. The monoisotopic (exact) mass is 470 g/mol. The number of ether oxygens (including phenoxy) is 1. The Hall–Kier alpha value is -3.36. The fourth-order valence-electron chi connectivity index (χ4n) is 3.33. The summed E-state index contributed by atoms with van der Waals surface area (Å²) in [5, 5.41) is 2.77. The van der Waals surface area contributed by atoms with Crippen LogP contribution in [0.3, 0.4) is 0 Å². The van der Waals surface area contributed by atoms with Crippen molar-refractivity contribution in [1.29, 1.82) is 0 Å². The van der Waals surface area contributed by atoms with E-state index in [1.54, 1.807) is 31.2 Å². The lowest BCUT2D eigenvalue weighted by Gasteiger charge is -2.16. The summed E-state index contributed by atoms with van der Waals surface area (Å²) in [4.78, 5) is 24.9. The van der Waals surface area contributed by atoms with Crippen molar-refractivity contribution < 1.29 is 22.7 Å². The quantitative estimate of drug-likeness (QED) is 0.583. The molecule has 2 amide bonds. The Morgan fingerprint density at radius 3 is 2.28 bits per heavy atom. The minimum absolute atomic E-state index is 0.0339. The highest BCUT2D eigenvalue weighted by Crippen LogP contribution is 2.32. The molecule has 1 fully saturated rings. The van der Waals surface area contributed by atoms with Crippen molar-refractivity contribution in [3.05, 3.63) is 83.4 Å². The van der Waals surface area contributed by atoms with Crippen LogP contribution in [0.2, 0.25) is 5.02 Å². The Morgan fingerprint density at radius 1 is 1.03 bits per heavy atom. The normalized spacial score (nSPS) is 17.2. The van der Waals surface area contributed by atoms with Crippen molar-refractivity contribution in [2.45, 2.75) is 6.92 Å². The molecular formula is C23H19ClN2O5S. The van der Waals surface area contributed by atoms with Gasteiger partial charge in [0, 0.05) is 5.69 Å². The van der Waals surface area contributed by atoms with Gasteiger partial charge in [0.2, 0.25) is 15.9 Å². The van der Waals surface area contributed by atoms with Gasteiger partial charge in [0.05, 0.1) is 27.9 Å². The van der Waals surface area contributed by atoms with Gasteiger partial charge in [0.1, 0.15) is 11.5 Å². The van der Waals surface area contributed by atoms with Crippen LogP contribution in [0.15, 0.2) is 72.8 Å². The zero-order valence-corrected chi connectivity index (χ0v) is 18.6. The zero-order chi connectivity index (χ0) is 22.9. The number of nitrogens with one attached hydrogen (secondary N) is 1. The van der Waals surface area contributed by atoms with Gasteiger partial charge in [-0.1, -0.05) is 36.7 Å². The summed E-state index contributed by atoms with van der Waals surface area (Å²) in [6, 6.07) is 20.2. The van der Waals surface area contributed by atoms with Crippen LogP contribution in [0.4, 0.5) is 11.4 Å². The molecule has 164 valence electrons. The largest absolute Gasteiger partial charge is 0.457 e. The molecule has 1 saturated heterocycles. The number of sulfonamides is 1. The Bertz CT molecular complexity index is 1280. The summed E-state index contributed by atoms with van der Waals surface area (Å²) in [7, 11) is -3.75. The zero-order valence-electron chi connectivity index (χ0n) is 17.0. The van der Waals surface area contributed by atoms with E-state index in [2.05, 4.69) is 5.32 Å². The molecule has 0 aromatic heterocycles. The van der Waals surface area contributed by atoms with Gasteiger partial charge in [-0.25, -0.2) is 12.7 Å². The minimum Gasteiger partial charge on any atom is -0.457 e. The molecule has 1 atom stereocenters. The summed E-state index contributed by atoms with van der Waals surface area (Å²) >= 11 is 6.25. The van der Waals surface area contributed by atoms with E-state index in [1.165, 1.54) is 18.2 Å². The van der Waals surface area contributed by atoms with E-state index in [9.17, 15) is 18.0 Å². The summed E-state index contributed by atoms with van der Waals surface area (Å²) in [6.45, 7) is 1.56.